The molecule has 2 aliphatic rings. The van der Waals surface area contributed by atoms with Crippen LogP contribution in [0.3, 0.4) is 0 Å². The molecule has 1 aromatic heterocycles. The van der Waals surface area contributed by atoms with Gasteiger partial charge in [-0.3, -0.25) is 4.79 Å². The van der Waals surface area contributed by atoms with Crippen molar-refractivity contribution in [2.75, 3.05) is 24.8 Å². The van der Waals surface area contributed by atoms with Crippen LogP contribution in [0.4, 0.5) is 5.82 Å². The molecule has 1 saturated heterocycles. The number of anilines is 1. The van der Waals surface area contributed by atoms with E-state index in [2.05, 4.69) is 23.2 Å². The van der Waals surface area contributed by atoms with Gasteiger partial charge in [-0.2, -0.15) is 0 Å². The summed E-state index contributed by atoms with van der Waals surface area (Å²) in [5.41, 5.74) is 3.81. The summed E-state index contributed by atoms with van der Waals surface area (Å²) in [6.07, 6.45) is 3.35. The molecule has 0 bridgehead atoms. The monoisotopic (exact) mass is 476 g/mol. The lowest BCUT2D eigenvalue weighted by atomic mass is 10.1. The van der Waals surface area contributed by atoms with Crippen molar-refractivity contribution in [3.63, 3.8) is 0 Å². The van der Waals surface area contributed by atoms with Crippen LogP contribution in [-0.4, -0.2) is 35.8 Å². The van der Waals surface area contributed by atoms with Crippen molar-refractivity contribution in [2.45, 2.75) is 43.6 Å². The van der Waals surface area contributed by atoms with E-state index in [9.17, 15) is 4.79 Å². The van der Waals surface area contributed by atoms with Gasteiger partial charge < -0.3 is 19.7 Å². The minimum atomic E-state index is -0.105. The van der Waals surface area contributed by atoms with E-state index in [1.807, 2.05) is 42.5 Å². The van der Waals surface area contributed by atoms with Crippen molar-refractivity contribution in [2.24, 2.45) is 0 Å². The normalized spacial score (nSPS) is 14.4. The molecule has 5 rings (SSSR count). The molecule has 0 unspecified atom stereocenters. The molecule has 0 spiro atoms. The van der Waals surface area contributed by atoms with Gasteiger partial charge in [0, 0.05) is 42.7 Å². The SMILES string of the molecule is CCc1cc(N2CCCC2)nc(SCc2ccc(C(=O)NCc3ccc4c(c3)OCO4)cc2)n1. The summed E-state index contributed by atoms with van der Waals surface area (Å²) < 4.78 is 10.7. The quantitative estimate of drug-likeness (QED) is 0.376. The van der Waals surface area contributed by atoms with Crippen molar-refractivity contribution in [1.29, 1.82) is 0 Å². The van der Waals surface area contributed by atoms with Gasteiger partial charge in [0.05, 0.1) is 0 Å². The van der Waals surface area contributed by atoms with Crippen LogP contribution in [0.15, 0.2) is 53.7 Å². The topological polar surface area (TPSA) is 76.6 Å². The number of aromatic nitrogens is 2. The van der Waals surface area contributed by atoms with Gasteiger partial charge in [-0.1, -0.05) is 36.9 Å². The van der Waals surface area contributed by atoms with Gasteiger partial charge in [0.1, 0.15) is 5.82 Å². The number of carbonyl (C=O) groups is 1. The Hall–Kier alpha value is -3.26. The molecule has 1 N–H and O–H groups in total. The van der Waals surface area contributed by atoms with Gasteiger partial charge >= 0.3 is 0 Å². The van der Waals surface area contributed by atoms with Gasteiger partial charge in [0.15, 0.2) is 16.7 Å². The molecule has 0 aliphatic carbocycles. The number of hydrogen-bond acceptors (Lipinski definition) is 7. The highest BCUT2D eigenvalue weighted by molar-refractivity contribution is 7.98. The van der Waals surface area contributed by atoms with Gasteiger partial charge in [-0.15, -0.1) is 0 Å². The Morgan fingerprint density at radius 3 is 2.56 bits per heavy atom. The number of nitrogens with zero attached hydrogens (tertiary/aromatic N) is 3. The molecule has 2 aliphatic heterocycles. The molecule has 1 fully saturated rings. The molecule has 1 amide bonds. The number of carbonyl (C=O) groups excluding carboxylic acids is 1. The fraction of sp³-hybridized carbons (Fsp3) is 0.346. The first-order chi connectivity index (χ1) is 16.7. The van der Waals surface area contributed by atoms with Crippen molar-refractivity contribution in [3.05, 3.63) is 70.9 Å². The fourth-order valence-corrected chi connectivity index (χ4v) is 4.88. The molecule has 0 radical (unpaired) electrons. The zero-order valence-corrected chi connectivity index (χ0v) is 20.1. The largest absolute Gasteiger partial charge is 0.454 e. The van der Waals surface area contributed by atoms with Crippen LogP contribution < -0.4 is 19.7 Å². The van der Waals surface area contributed by atoms with E-state index in [4.69, 9.17) is 19.4 Å². The summed E-state index contributed by atoms with van der Waals surface area (Å²) in [7, 11) is 0. The summed E-state index contributed by atoms with van der Waals surface area (Å²) in [5.74, 6) is 3.15. The zero-order chi connectivity index (χ0) is 23.3. The second kappa shape index (κ2) is 10.3. The Morgan fingerprint density at radius 2 is 1.76 bits per heavy atom. The van der Waals surface area contributed by atoms with Crippen LogP contribution in [0.5, 0.6) is 11.5 Å². The van der Waals surface area contributed by atoms with Gasteiger partial charge in [-0.25, -0.2) is 9.97 Å². The molecule has 0 saturated carbocycles. The lowest BCUT2D eigenvalue weighted by Gasteiger charge is -2.17. The molecule has 3 aromatic rings. The molecule has 34 heavy (non-hydrogen) atoms. The highest BCUT2D eigenvalue weighted by atomic mass is 32.2. The number of fused-ring (bicyclic) bond motifs is 1. The van der Waals surface area contributed by atoms with Crippen molar-refractivity contribution in [3.8, 4) is 11.5 Å². The third-order valence-corrected chi connectivity index (χ3v) is 6.93. The highest BCUT2D eigenvalue weighted by Gasteiger charge is 2.16. The minimum Gasteiger partial charge on any atom is -0.454 e. The van der Waals surface area contributed by atoms with Crippen LogP contribution in [0.1, 0.15) is 46.9 Å². The maximum absolute atomic E-state index is 12.6. The van der Waals surface area contributed by atoms with Crippen molar-refractivity contribution >= 4 is 23.5 Å². The van der Waals surface area contributed by atoms with Crippen LogP contribution in [0.2, 0.25) is 0 Å². The molecular formula is C26H28N4O3S. The number of aryl methyl sites for hydroxylation is 1. The Labute approximate surface area is 203 Å². The molecule has 8 heteroatoms. The van der Waals surface area contributed by atoms with E-state index in [1.54, 1.807) is 11.8 Å². The van der Waals surface area contributed by atoms with E-state index < -0.39 is 0 Å². The highest BCUT2D eigenvalue weighted by Crippen LogP contribution is 2.32. The number of amides is 1. The number of thioether (sulfide) groups is 1. The van der Waals surface area contributed by atoms with Crippen molar-refractivity contribution in [1.82, 2.24) is 15.3 Å². The Bertz CT molecular complexity index is 1160. The molecule has 0 atom stereocenters. The summed E-state index contributed by atoms with van der Waals surface area (Å²) in [6.45, 7) is 4.94. The van der Waals surface area contributed by atoms with Crippen molar-refractivity contribution < 1.29 is 14.3 Å². The van der Waals surface area contributed by atoms with Crippen LogP contribution in [0.25, 0.3) is 0 Å². The van der Waals surface area contributed by atoms with Crippen LogP contribution in [-0.2, 0) is 18.7 Å². The maximum Gasteiger partial charge on any atom is 0.251 e. The smallest absolute Gasteiger partial charge is 0.251 e. The second-order valence-corrected chi connectivity index (χ2v) is 9.35. The first-order valence-corrected chi connectivity index (χ1v) is 12.7. The molecule has 3 heterocycles. The van der Waals surface area contributed by atoms with Gasteiger partial charge in [0.25, 0.3) is 5.91 Å². The standard InChI is InChI=1S/C26H28N4O3S/c1-2-21-14-24(30-11-3-4-12-30)29-26(28-21)34-16-18-5-8-20(9-6-18)25(31)27-15-19-7-10-22-23(13-19)33-17-32-22/h5-10,13-14H,2-4,11-12,15-17H2,1H3,(H,27,31). The third-order valence-electron chi connectivity index (χ3n) is 6.01. The number of hydrogen-bond donors (Lipinski definition) is 1. The number of nitrogens with one attached hydrogen (secondary N) is 1. The third kappa shape index (κ3) is 5.28. The zero-order valence-electron chi connectivity index (χ0n) is 19.3. The Balaban J connectivity index is 1.17. The van der Waals surface area contributed by atoms with Gasteiger partial charge in [-0.05, 0) is 54.7 Å². The summed E-state index contributed by atoms with van der Waals surface area (Å²) >= 11 is 1.64. The minimum absolute atomic E-state index is 0.105. The van der Waals surface area contributed by atoms with E-state index in [0.717, 1.165) is 64.6 Å². The number of benzene rings is 2. The number of rotatable bonds is 8. The van der Waals surface area contributed by atoms with Crippen LogP contribution in [0, 0.1) is 0 Å². The fourth-order valence-electron chi connectivity index (χ4n) is 4.05. The first-order valence-electron chi connectivity index (χ1n) is 11.7. The first kappa shape index (κ1) is 22.5. The lowest BCUT2D eigenvalue weighted by molar-refractivity contribution is 0.0951. The van der Waals surface area contributed by atoms with Crippen LogP contribution >= 0.6 is 11.8 Å². The summed E-state index contributed by atoms with van der Waals surface area (Å²) in [6, 6.07) is 15.5. The maximum atomic E-state index is 12.6. The second-order valence-electron chi connectivity index (χ2n) is 8.40. The molecular weight excluding hydrogens is 448 g/mol. The van der Waals surface area contributed by atoms with E-state index in [1.165, 1.54) is 12.8 Å². The molecule has 176 valence electrons. The lowest BCUT2D eigenvalue weighted by Crippen LogP contribution is -2.22. The van der Waals surface area contributed by atoms with E-state index in [-0.39, 0.29) is 12.7 Å². The number of ether oxygens (including phenoxy) is 2. The Kier molecular flexibility index (Phi) is 6.85. The average molecular weight is 477 g/mol. The predicted molar refractivity (Wildman–Crippen MR) is 133 cm³/mol. The summed E-state index contributed by atoms with van der Waals surface area (Å²) in [5, 5.41) is 3.78. The van der Waals surface area contributed by atoms with E-state index >= 15 is 0 Å². The predicted octanol–water partition coefficient (Wildman–Crippen LogP) is 4.59. The Morgan fingerprint density at radius 1 is 1.00 bits per heavy atom. The van der Waals surface area contributed by atoms with E-state index in [0.29, 0.717) is 12.1 Å². The summed E-state index contributed by atoms with van der Waals surface area (Å²) in [4.78, 5) is 24.4. The van der Waals surface area contributed by atoms with Gasteiger partial charge in [0.2, 0.25) is 6.79 Å². The average Bonchev–Trinajstić information content (AvgIpc) is 3.58. The molecule has 7 nitrogen and oxygen atoms in total. The molecule has 2 aromatic carbocycles.